The number of rotatable bonds is 5. The first kappa shape index (κ1) is 19.2. The van der Waals surface area contributed by atoms with E-state index in [9.17, 15) is 9.59 Å². The Morgan fingerprint density at radius 3 is 2.56 bits per heavy atom. The molecular weight excluding hydrogens is 364 g/mol. The summed E-state index contributed by atoms with van der Waals surface area (Å²) in [6, 6.07) is 12.9. The van der Waals surface area contributed by atoms with Crippen LogP contribution in [0.4, 0.5) is 11.4 Å². The van der Waals surface area contributed by atoms with Crippen molar-refractivity contribution >= 4 is 34.8 Å². The maximum atomic E-state index is 12.8. The molecule has 3 rings (SSSR count). The van der Waals surface area contributed by atoms with E-state index in [2.05, 4.69) is 12.2 Å². The van der Waals surface area contributed by atoms with Crippen LogP contribution in [0.15, 0.2) is 42.5 Å². The van der Waals surface area contributed by atoms with E-state index in [0.29, 0.717) is 16.5 Å². The molecule has 2 aromatic rings. The SMILES string of the molecule is CCc1ccc(NC(=O)CCN2C(=O)C(C)(C)Oc3ccc(Cl)cc32)cc1. The summed E-state index contributed by atoms with van der Waals surface area (Å²) in [6.07, 6.45) is 1.12. The summed E-state index contributed by atoms with van der Waals surface area (Å²) in [4.78, 5) is 26.7. The van der Waals surface area contributed by atoms with E-state index in [1.807, 2.05) is 24.3 Å². The number of fused-ring (bicyclic) bond motifs is 1. The van der Waals surface area contributed by atoms with E-state index in [0.717, 1.165) is 12.1 Å². The summed E-state index contributed by atoms with van der Waals surface area (Å²) in [5.41, 5.74) is 1.55. The van der Waals surface area contributed by atoms with Crippen molar-refractivity contribution in [1.29, 1.82) is 0 Å². The Kier molecular flexibility index (Phi) is 5.42. The molecule has 0 atom stereocenters. The lowest BCUT2D eigenvalue weighted by Crippen LogP contribution is -2.53. The standard InChI is InChI=1S/C21H23ClN2O3/c1-4-14-5-8-16(9-6-14)23-19(25)11-12-24-17-13-15(22)7-10-18(17)27-21(2,3)20(24)26/h5-10,13H,4,11-12H2,1-3H3,(H,23,25). The zero-order valence-corrected chi connectivity index (χ0v) is 16.5. The third-order valence-corrected chi connectivity index (χ3v) is 4.78. The van der Waals surface area contributed by atoms with Crippen molar-refractivity contribution in [3.63, 3.8) is 0 Å². The molecule has 1 aliphatic heterocycles. The van der Waals surface area contributed by atoms with Gasteiger partial charge in [0.2, 0.25) is 5.91 Å². The molecule has 0 fully saturated rings. The van der Waals surface area contributed by atoms with E-state index in [-0.39, 0.29) is 24.8 Å². The van der Waals surface area contributed by atoms with Crippen molar-refractivity contribution in [2.75, 3.05) is 16.8 Å². The van der Waals surface area contributed by atoms with Gasteiger partial charge in [0.25, 0.3) is 5.91 Å². The molecule has 1 N–H and O–H groups in total. The number of anilines is 2. The number of benzene rings is 2. The maximum absolute atomic E-state index is 12.8. The first-order valence-corrected chi connectivity index (χ1v) is 9.37. The average molecular weight is 387 g/mol. The van der Waals surface area contributed by atoms with Crippen molar-refractivity contribution < 1.29 is 14.3 Å². The number of ether oxygens (including phenoxy) is 1. The van der Waals surface area contributed by atoms with Crippen LogP contribution in [0.1, 0.15) is 32.8 Å². The van der Waals surface area contributed by atoms with Gasteiger partial charge in [-0.15, -0.1) is 0 Å². The molecule has 0 unspecified atom stereocenters. The minimum atomic E-state index is -0.993. The van der Waals surface area contributed by atoms with Crippen molar-refractivity contribution in [2.45, 2.75) is 39.2 Å². The number of aryl methyl sites for hydroxylation is 1. The summed E-state index contributed by atoms with van der Waals surface area (Å²) in [6.45, 7) is 5.76. The number of amides is 2. The first-order valence-electron chi connectivity index (χ1n) is 8.99. The average Bonchev–Trinajstić information content (AvgIpc) is 2.63. The highest BCUT2D eigenvalue weighted by Gasteiger charge is 2.40. The van der Waals surface area contributed by atoms with Gasteiger partial charge < -0.3 is 15.0 Å². The number of hydrogen-bond acceptors (Lipinski definition) is 3. The van der Waals surface area contributed by atoms with Crippen LogP contribution >= 0.6 is 11.6 Å². The summed E-state index contributed by atoms with van der Waals surface area (Å²) in [7, 11) is 0. The fourth-order valence-electron chi connectivity index (χ4n) is 3.02. The number of halogens is 1. The molecule has 0 saturated carbocycles. The lowest BCUT2D eigenvalue weighted by Gasteiger charge is -2.38. The number of nitrogens with zero attached hydrogens (tertiary/aromatic N) is 1. The van der Waals surface area contributed by atoms with Crippen LogP contribution in [0.2, 0.25) is 5.02 Å². The van der Waals surface area contributed by atoms with Crippen molar-refractivity contribution in [3.8, 4) is 5.75 Å². The lowest BCUT2D eigenvalue weighted by molar-refractivity contribution is -0.132. The van der Waals surface area contributed by atoms with E-state index in [1.54, 1.807) is 36.9 Å². The molecule has 0 saturated heterocycles. The summed E-state index contributed by atoms with van der Waals surface area (Å²) < 4.78 is 5.79. The van der Waals surface area contributed by atoms with Gasteiger partial charge in [0.1, 0.15) is 5.75 Å². The van der Waals surface area contributed by atoms with Gasteiger partial charge >= 0.3 is 0 Å². The Balaban J connectivity index is 1.71. The van der Waals surface area contributed by atoms with Gasteiger partial charge in [0.15, 0.2) is 5.60 Å². The molecule has 0 aromatic heterocycles. The Morgan fingerprint density at radius 2 is 1.89 bits per heavy atom. The van der Waals surface area contributed by atoms with Crippen LogP contribution in [0.3, 0.4) is 0 Å². The summed E-state index contributed by atoms with van der Waals surface area (Å²) in [5.74, 6) is 0.233. The first-order chi connectivity index (χ1) is 12.8. The highest BCUT2D eigenvalue weighted by atomic mass is 35.5. The van der Waals surface area contributed by atoms with Crippen LogP contribution in [0.25, 0.3) is 0 Å². The quantitative estimate of drug-likeness (QED) is 0.826. The Morgan fingerprint density at radius 1 is 1.19 bits per heavy atom. The Bertz CT molecular complexity index is 862. The number of hydrogen-bond donors (Lipinski definition) is 1. The normalized spacial score (nSPS) is 15.1. The van der Waals surface area contributed by atoms with Crippen molar-refractivity contribution in [1.82, 2.24) is 0 Å². The summed E-state index contributed by atoms with van der Waals surface area (Å²) >= 11 is 6.08. The smallest absolute Gasteiger partial charge is 0.270 e. The molecule has 6 heteroatoms. The van der Waals surface area contributed by atoms with Gasteiger partial charge in [-0.1, -0.05) is 30.7 Å². The van der Waals surface area contributed by atoms with E-state index in [1.165, 1.54) is 5.56 Å². The zero-order chi connectivity index (χ0) is 19.6. The van der Waals surface area contributed by atoms with Crippen LogP contribution in [-0.2, 0) is 16.0 Å². The predicted octanol–water partition coefficient (Wildman–Crippen LogP) is 4.44. The second-order valence-electron chi connectivity index (χ2n) is 7.03. The topological polar surface area (TPSA) is 58.6 Å². The molecule has 2 aromatic carbocycles. The molecule has 27 heavy (non-hydrogen) atoms. The maximum Gasteiger partial charge on any atom is 0.270 e. The van der Waals surface area contributed by atoms with E-state index >= 15 is 0 Å². The number of carbonyl (C=O) groups is 2. The minimum absolute atomic E-state index is 0.153. The monoisotopic (exact) mass is 386 g/mol. The molecule has 0 bridgehead atoms. The van der Waals surface area contributed by atoms with Gasteiger partial charge in [0, 0.05) is 23.7 Å². The third-order valence-electron chi connectivity index (χ3n) is 4.55. The molecule has 5 nitrogen and oxygen atoms in total. The molecule has 142 valence electrons. The third kappa shape index (κ3) is 4.25. The molecule has 0 radical (unpaired) electrons. The van der Waals surface area contributed by atoms with E-state index in [4.69, 9.17) is 16.3 Å². The summed E-state index contributed by atoms with van der Waals surface area (Å²) in [5, 5.41) is 3.38. The molecule has 1 aliphatic rings. The Hall–Kier alpha value is -2.53. The van der Waals surface area contributed by atoms with Crippen LogP contribution in [-0.4, -0.2) is 24.0 Å². The van der Waals surface area contributed by atoms with Crippen molar-refractivity contribution in [2.24, 2.45) is 0 Å². The fourth-order valence-corrected chi connectivity index (χ4v) is 3.19. The van der Waals surface area contributed by atoms with Crippen molar-refractivity contribution in [3.05, 3.63) is 53.1 Å². The van der Waals surface area contributed by atoms with Gasteiger partial charge in [-0.3, -0.25) is 9.59 Å². The van der Waals surface area contributed by atoms with Gasteiger partial charge in [-0.25, -0.2) is 0 Å². The van der Waals surface area contributed by atoms with Gasteiger partial charge in [-0.2, -0.15) is 0 Å². The van der Waals surface area contributed by atoms with Gasteiger partial charge in [0.05, 0.1) is 5.69 Å². The molecule has 0 aliphatic carbocycles. The Labute approximate surface area is 164 Å². The van der Waals surface area contributed by atoms with E-state index < -0.39 is 5.60 Å². The van der Waals surface area contributed by atoms with Crippen LogP contribution in [0.5, 0.6) is 5.75 Å². The fraction of sp³-hybridized carbons (Fsp3) is 0.333. The molecule has 2 amide bonds. The minimum Gasteiger partial charge on any atom is -0.476 e. The van der Waals surface area contributed by atoms with Gasteiger partial charge in [-0.05, 0) is 56.2 Å². The molecule has 1 heterocycles. The molecular formula is C21H23ClN2O3. The zero-order valence-electron chi connectivity index (χ0n) is 15.7. The second kappa shape index (κ2) is 7.61. The highest BCUT2D eigenvalue weighted by molar-refractivity contribution is 6.31. The second-order valence-corrected chi connectivity index (χ2v) is 7.47. The molecule has 0 spiro atoms. The van der Waals surface area contributed by atoms with Crippen LogP contribution in [0, 0.1) is 0 Å². The van der Waals surface area contributed by atoms with Crippen LogP contribution < -0.4 is 15.0 Å². The highest BCUT2D eigenvalue weighted by Crippen LogP contribution is 2.39. The predicted molar refractivity (Wildman–Crippen MR) is 108 cm³/mol. The largest absolute Gasteiger partial charge is 0.476 e. The lowest BCUT2D eigenvalue weighted by atomic mass is 10.0. The number of carbonyl (C=O) groups excluding carboxylic acids is 2. The number of nitrogens with one attached hydrogen (secondary N) is 1.